The molecule has 204 valence electrons. The first-order chi connectivity index (χ1) is 18.4. The summed E-state index contributed by atoms with van der Waals surface area (Å²) in [5.74, 6) is -1.75. The fourth-order valence-electron chi connectivity index (χ4n) is 4.48. The number of nitrogens with one attached hydrogen (secondary N) is 2. The fourth-order valence-corrected chi connectivity index (χ4v) is 4.48. The molecule has 0 aliphatic carbocycles. The number of alkyl carbamates (subject to hydrolysis) is 1. The van der Waals surface area contributed by atoms with Crippen molar-refractivity contribution < 1.29 is 33.9 Å². The van der Waals surface area contributed by atoms with Gasteiger partial charge in [0.2, 0.25) is 11.8 Å². The minimum absolute atomic E-state index is 0.0572. The van der Waals surface area contributed by atoms with Gasteiger partial charge in [0.15, 0.2) is 0 Å². The number of methoxy groups -OCH3 is 1. The maximum Gasteiger partial charge on any atom is 0.475 e. The Hall–Kier alpha value is -3.41. The maximum atomic E-state index is 13.7. The van der Waals surface area contributed by atoms with E-state index >= 15 is 0 Å². The molecule has 2 aromatic rings. The van der Waals surface area contributed by atoms with Crippen molar-refractivity contribution in [2.75, 3.05) is 20.3 Å². The normalized spacial score (nSPS) is 16.4. The van der Waals surface area contributed by atoms with Crippen molar-refractivity contribution in [3.05, 3.63) is 71.8 Å². The van der Waals surface area contributed by atoms with Crippen molar-refractivity contribution in [2.45, 2.75) is 56.7 Å². The lowest BCUT2D eigenvalue weighted by Crippen LogP contribution is -2.56. The number of likely N-dealkylation sites (tertiary alicyclic amines) is 1. The van der Waals surface area contributed by atoms with Gasteiger partial charge in [0.1, 0.15) is 18.7 Å². The third-order valence-corrected chi connectivity index (χ3v) is 6.48. The molecular weight excluding hydrogens is 489 g/mol. The number of carbonyl (C=O) groups excluding carboxylic acids is 3. The molecule has 1 unspecified atom stereocenters. The van der Waals surface area contributed by atoms with E-state index in [-0.39, 0.29) is 13.0 Å². The van der Waals surface area contributed by atoms with E-state index in [1.807, 2.05) is 60.7 Å². The highest BCUT2D eigenvalue weighted by molar-refractivity contribution is 6.43. The summed E-state index contributed by atoms with van der Waals surface area (Å²) in [5.41, 5.74) is 1.66. The van der Waals surface area contributed by atoms with Gasteiger partial charge in [0, 0.05) is 26.7 Å². The summed E-state index contributed by atoms with van der Waals surface area (Å²) in [6.07, 6.45) is 1.37. The molecular formula is C27H36BN3O7. The Morgan fingerprint density at radius 2 is 1.68 bits per heavy atom. The van der Waals surface area contributed by atoms with Crippen LogP contribution in [0.1, 0.15) is 36.8 Å². The molecule has 3 atom stereocenters. The molecule has 38 heavy (non-hydrogen) atoms. The average Bonchev–Trinajstić information content (AvgIpc) is 3.42. The molecule has 1 saturated heterocycles. The number of ether oxygens (including phenoxy) is 2. The van der Waals surface area contributed by atoms with Crippen LogP contribution in [0.5, 0.6) is 0 Å². The fraction of sp³-hybridized carbons (Fsp3) is 0.444. The van der Waals surface area contributed by atoms with E-state index in [4.69, 9.17) is 9.47 Å². The molecule has 4 N–H and O–H groups in total. The number of hydrogen-bond acceptors (Lipinski definition) is 7. The van der Waals surface area contributed by atoms with Gasteiger partial charge in [-0.1, -0.05) is 60.7 Å². The van der Waals surface area contributed by atoms with E-state index < -0.39 is 43.1 Å². The summed E-state index contributed by atoms with van der Waals surface area (Å²) in [6.45, 7) is 0.820. The molecule has 0 aromatic heterocycles. The smallest absolute Gasteiger partial charge is 0.445 e. The number of nitrogens with zero attached hydrogens (tertiary/aromatic N) is 1. The van der Waals surface area contributed by atoms with Gasteiger partial charge in [-0.25, -0.2) is 4.79 Å². The van der Waals surface area contributed by atoms with Crippen LogP contribution in [0.25, 0.3) is 0 Å². The highest BCUT2D eigenvalue weighted by atomic mass is 16.5. The Morgan fingerprint density at radius 3 is 2.32 bits per heavy atom. The Balaban J connectivity index is 1.69. The monoisotopic (exact) mass is 525 g/mol. The van der Waals surface area contributed by atoms with E-state index in [2.05, 4.69) is 10.6 Å². The zero-order chi connectivity index (χ0) is 27.3. The van der Waals surface area contributed by atoms with Crippen molar-refractivity contribution in [1.82, 2.24) is 15.5 Å². The van der Waals surface area contributed by atoms with E-state index in [9.17, 15) is 24.4 Å². The van der Waals surface area contributed by atoms with Gasteiger partial charge in [-0.3, -0.25) is 9.59 Å². The lowest BCUT2D eigenvalue weighted by atomic mass is 9.76. The minimum atomic E-state index is -1.74. The van der Waals surface area contributed by atoms with Gasteiger partial charge < -0.3 is 35.1 Å². The highest BCUT2D eigenvalue weighted by Gasteiger charge is 2.39. The molecule has 0 radical (unpaired) electrons. The van der Waals surface area contributed by atoms with Crippen molar-refractivity contribution >= 4 is 25.0 Å². The lowest BCUT2D eigenvalue weighted by molar-refractivity contribution is -0.140. The Bertz CT molecular complexity index is 1030. The van der Waals surface area contributed by atoms with Crippen LogP contribution in [0.4, 0.5) is 4.79 Å². The summed E-state index contributed by atoms with van der Waals surface area (Å²) in [6, 6.07) is 16.8. The molecule has 0 saturated carbocycles. The van der Waals surface area contributed by atoms with Crippen molar-refractivity contribution in [3.63, 3.8) is 0 Å². The molecule has 0 spiro atoms. The van der Waals surface area contributed by atoms with Crippen LogP contribution < -0.4 is 10.6 Å². The summed E-state index contributed by atoms with van der Waals surface area (Å²) in [7, 11) is -0.198. The standard InChI is InChI=1S/C27H36BN3O7/c1-37-17-9-15-24(28(35)36)30-25(32)23-14-8-16-31(23)26(33)22(18-20-10-4-2-5-11-20)29-27(34)38-19-21-12-6-3-7-13-21/h2-7,10-13,22-24,35-36H,8-9,14-19H2,1H3,(H,29,34)(H,30,32)/t22-,23?,24+/m1/s1. The zero-order valence-electron chi connectivity index (χ0n) is 21.6. The summed E-state index contributed by atoms with van der Waals surface area (Å²) >= 11 is 0. The highest BCUT2D eigenvalue weighted by Crippen LogP contribution is 2.20. The molecule has 1 aliphatic rings. The van der Waals surface area contributed by atoms with E-state index in [0.717, 1.165) is 11.1 Å². The summed E-state index contributed by atoms with van der Waals surface area (Å²) in [4.78, 5) is 40.9. The predicted octanol–water partition coefficient (Wildman–Crippen LogP) is 1.44. The Morgan fingerprint density at radius 1 is 1.03 bits per heavy atom. The summed E-state index contributed by atoms with van der Waals surface area (Å²) < 4.78 is 10.3. The second-order valence-electron chi connectivity index (χ2n) is 9.30. The largest absolute Gasteiger partial charge is 0.475 e. The SMILES string of the molecule is COCCC[C@H](NC(=O)C1CCCN1C(=O)[C@@H](Cc1ccccc1)NC(=O)OCc1ccccc1)B(O)O. The van der Waals surface area contributed by atoms with Gasteiger partial charge in [0.05, 0.1) is 5.94 Å². The molecule has 10 nitrogen and oxygen atoms in total. The van der Waals surface area contributed by atoms with Crippen molar-refractivity contribution in [2.24, 2.45) is 0 Å². The van der Waals surface area contributed by atoms with E-state index in [1.54, 1.807) is 7.11 Å². The second-order valence-corrected chi connectivity index (χ2v) is 9.30. The quantitative estimate of drug-likeness (QED) is 0.229. The zero-order valence-corrected chi connectivity index (χ0v) is 21.6. The second kappa shape index (κ2) is 15.1. The molecule has 1 heterocycles. The number of hydrogen-bond donors (Lipinski definition) is 4. The minimum Gasteiger partial charge on any atom is -0.445 e. The molecule has 11 heteroatoms. The van der Waals surface area contributed by atoms with Gasteiger partial charge in [0.25, 0.3) is 0 Å². The van der Waals surface area contributed by atoms with Gasteiger partial charge in [-0.15, -0.1) is 0 Å². The van der Waals surface area contributed by atoms with Crippen LogP contribution in [0, 0.1) is 0 Å². The Kier molecular flexibility index (Phi) is 11.6. The van der Waals surface area contributed by atoms with Gasteiger partial charge >= 0.3 is 13.2 Å². The van der Waals surface area contributed by atoms with Crippen LogP contribution >= 0.6 is 0 Å². The molecule has 2 aromatic carbocycles. The Labute approximate surface area is 223 Å². The first-order valence-corrected chi connectivity index (χ1v) is 12.9. The van der Waals surface area contributed by atoms with Gasteiger partial charge in [-0.2, -0.15) is 0 Å². The van der Waals surface area contributed by atoms with E-state index in [1.165, 1.54) is 4.90 Å². The van der Waals surface area contributed by atoms with Crippen LogP contribution in [0.15, 0.2) is 60.7 Å². The predicted molar refractivity (Wildman–Crippen MR) is 142 cm³/mol. The molecule has 3 amide bonds. The number of amides is 3. The van der Waals surface area contributed by atoms with Crippen LogP contribution in [-0.2, 0) is 32.1 Å². The topological polar surface area (TPSA) is 137 Å². The third kappa shape index (κ3) is 8.86. The average molecular weight is 525 g/mol. The van der Waals surface area contributed by atoms with E-state index in [0.29, 0.717) is 38.8 Å². The van der Waals surface area contributed by atoms with Crippen LogP contribution in [0.2, 0.25) is 0 Å². The first kappa shape index (κ1) is 29.2. The van der Waals surface area contributed by atoms with Crippen LogP contribution in [-0.4, -0.2) is 78.3 Å². The van der Waals surface area contributed by atoms with Crippen molar-refractivity contribution in [1.29, 1.82) is 0 Å². The number of rotatable bonds is 13. The number of carbonyl (C=O) groups is 3. The van der Waals surface area contributed by atoms with Crippen LogP contribution in [0.3, 0.4) is 0 Å². The first-order valence-electron chi connectivity index (χ1n) is 12.9. The molecule has 1 fully saturated rings. The molecule has 3 rings (SSSR count). The van der Waals surface area contributed by atoms with Gasteiger partial charge in [-0.05, 0) is 36.8 Å². The lowest BCUT2D eigenvalue weighted by Gasteiger charge is -2.30. The molecule has 0 bridgehead atoms. The maximum absolute atomic E-state index is 13.7. The third-order valence-electron chi connectivity index (χ3n) is 6.48. The van der Waals surface area contributed by atoms with Crippen molar-refractivity contribution in [3.8, 4) is 0 Å². The molecule has 1 aliphatic heterocycles. The number of benzene rings is 2. The summed E-state index contributed by atoms with van der Waals surface area (Å²) in [5, 5.41) is 24.8.